The van der Waals surface area contributed by atoms with Crippen LogP contribution in [0.5, 0.6) is 0 Å². The van der Waals surface area contributed by atoms with Gasteiger partial charge in [-0.3, -0.25) is 9.36 Å². The van der Waals surface area contributed by atoms with Gasteiger partial charge in [0, 0.05) is 6.16 Å². The van der Waals surface area contributed by atoms with Gasteiger partial charge in [0.2, 0.25) is 0 Å². The highest BCUT2D eigenvalue weighted by Gasteiger charge is 2.30. The standard InChI is InChI=1S/C23H32NO4P/c1-19(2)18-22(23(25)26)24-29(27,17-9-14-20-10-5-3-6-11-20)28-16-15-21-12-7-4-8-13-21/h3-8,10-13,19,22H,9,14-18H2,1-2H3,(H,24,27)(H,25,26)/t22-,29?/m0/s1. The summed E-state index contributed by atoms with van der Waals surface area (Å²) in [5, 5.41) is 12.4. The van der Waals surface area contributed by atoms with Crippen LogP contribution in [-0.4, -0.2) is 29.9 Å². The lowest BCUT2D eigenvalue weighted by Crippen LogP contribution is -2.37. The minimum atomic E-state index is -3.29. The summed E-state index contributed by atoms with van der Waals surface area (Å²) in [6, 6.07) is 19.0. The summed E-state index contributed by atoms with van der Waals surface area (Å²) in [6.07, 6.45) is 2.77. The van der Waals surface area contributed by atoms with Gasteiger partial charge in [-0.1, -0.05) is 74.5 Å². The molecule has 0 radical (unpaired) electrons. The van der Waals surface area contributed by atoms with Gasteiger partial charge in [-0.05, 0) is 42.7 Å². The summed E-state index contributed by atoms with van der Waals surface area (Å²) in [7, 11) is -3.29. The van der Waals surface area contributed by atoms with E-state index in [1.54, 1.807) is 0 Å². The minimum absolute atomic E-state index is 0.172. The Labute approximate surface area is 174 Å². The Hall–Kier alpha value is -1.94. The lowest BCUT2D eigenvalue weighted by molar-refractivity contribution is -0.139. The molecule has 5 nitrogen and oxygen atoms in total. The quantitative estimate of drug-likeness (QED) is 0.440. The number of aliphatic carboxylic acids is 1. The molecule has 0 fully saturated rings. The number of hydrogen-bond donors (Lipinski definition) is 2. The van der Waals surface area contributed by atoms with Crippen LogP contribution in [0.25, 0.3) is 0 Å². The van der Waals surface area contributed by atoms with Gasteiger partial charge in [0.05, 0.1) is 6.61 Å². The number of rotatable bonds is 13. The molecule has 2 N–H and O–H groups in total. The number of benzene rings is 2. The van der Waals surface area contributed by atoms with Crippen molar-refractivity contribution in [1.82, 2.24) is 5.09 Å². The average Bonchev–Trinajstić information content (AvgIpc) is 2.69. The Morgan fingerprint density at radius 3 is 2.07 bits per heavy atom. The molecule has 0 aliphatic carbocycles. The van der Waals surface area contributed by atoms with Crippen molar-refractivity contribution in [3.63, 3.8) is 0 Å². The number of nitrogens with one attached hydrogen (secondary N) is 1. The van der Waals surface area contributed by atoms with E-state index in [2.05, 4.69) is 5.09 Å². The van der Waals surface area contributed by atoms with E-state index in [-0.39, 0.29) is 12.5 Å². The van der Waals surface area contributed by atoms with Crippen molar-refractivity contribution in [2.45, 2.75) is 45.6 Å². The van der Waals surface area contributed by atoms with Crippen molar-refractivity contribution in [3.05, 3.63) is 71.8 Å². The lowest BCUT2D eigenvalue weighted by Gasteiger charge is -2.25. The van der Waals surface area contributed by atoms with Gasteiger partial charge in [-0.2, -0.15) is 0 Å². The Morgan fingerprint density at radius 1 is 1.00 bits per heavy atom. The van der Waals surface area contributed by atoms with Crippen molar-refractivity contribution in [2.75, 3.05) is 12.8 Å². The van der Waals surface area contributed by atoms with E-state index in [0.29, 0.717) is 25.4 Å². The minimum Gasteiger partial charge on any atom is -0.480 e. The Morgan fingerprint density at radius 2 is 1.55 bits per heavy atom. The van der Waals surface area contributed by atoms with Gasteiger partial charge in [-0.15, -0.1) is 0 Å². The molecule has 0 aromatic heterocycles. The molecule has 0 saturated carbocycles. The molecule has 158 valence electrons. The first-order chi connectivity index (χ1) is 13.9. The van der Waals surface area contributed by atoms with Crippen LogP contribution in [0.1, 0.15) is 37.8 Å². The van der Waals surface area contributed by atoms with Gasteiger partial charge in [0.15, 0.2) is 0 Å². The van der Waals surface area contributed by atoms with Crippen LogP contribution in [0.2, 0.25) is 0 Å². The van der Waals surface area contributed by atoms with Crippen molar-refractivity contribution in [2.24, 2.45) is 5.92 Å². The van der Waals surface area contributed by atoms with Crippen molar-refractivity contribution >= 4 is 13.5 Å². The summed E-state index contributed by atoms with van der Waals surface area (Å²) < 4.78 is 19.3. The fourth-order valence-corrected chi connectivity index (χ4v) is 5.16. The molecule has 0 amide bonds. The zero-order chi connectivity index (χ0) is 21.1. The first-order valence-corrected chi connectivity index (χ1v) is 12.0. The smallest absolute Gasteiger partial charge is 0.321 e. The van der Waals surface area contributed by atoms with E-state index in [4.69, 9.17) is 4.52 Å². The van der Waals surface area contributed by atoms with E-state index >= 15 is 0 Å². The number of aryl methyl sites for hydroxylation is 1. The SMILES string of the molecule is CC(C)C[C@H](NP(=O)(CCCc1ccccc1)OCCc1ccccc1)C(=O)O. The number of carboxylic acids is 1. The molecule has 0 saturated heterocycles. The lowest BCUT2D eigenvalue weighted by atomic mass is 10.1. The van der Waals surface area contributed by atoms with Gasteiger partial charge in [0.1, 0.15) is 6.04 Å². The van der Waals surface area contributed by atoms with Crippen molar-refractivity contribution in [1.29, 1.82) is 0 Å². The van der Waals surface area contributed by atoms with Crippen LogP contribution in [-0.2, 0) is 26.7 Å². The van der Waals surface area contributed by atoms with Crippen molar-refractivity contribution < 1.29 is 19.0 Å². The van der Waals surface area contributed by atoms with E-state index in [1.807, 2.05) is 74.5 Å². The summed E-state index contributed by atoms with van der Waals surface area (Å²) in [5.74, 6) is -0.820. The van der Waals surface area contributed by atoms with Crippen LogP contribution in [0.15, 0.2) is 60.7 Å². The molecule has 2 aromatic rings. The summed E-state index contributed by atoms with van der Waals surface area (Å²) in [4.78, 5) is 11.7. The molecular weight excluding hydrogens is 385 g/mol. The zero-order valence-electron chi connectivity index (χ0n) is 17.3. The van der Waals surface area contributed by atoms with Crippen LogP contribution in [0, 0.1) is 5.92 Å². The van der Waals surface area contributed by atoms with Crippen LogP contribution in [0.3, 0.4) is 0 Å². The molecule has 0 bridgehead atoms. The van der Waals surface area contributed by atoms with E-state index < -0.39 is 19.5 Å². The van der Waals surface area contributed by atoms with Crippen LogP contribution in [0.4, 0.5) is 0 Å². The van der Waals surface area contributed by atoms with Gasteiger partial charge >= 0.3 is 5.97 Å². The van der Waals surface area contributed by atoms with Crippen LogP contribution >= 0.6 is 7.52 Å². The molecule has 1 unspecified atom stereocenters. The first kappa shape index (κ1) is 23.3. The highest BCUT2D eigenvalue weighted by Crippen LogP contribution is 2.44. The van der Waals surface area contributed by atoms with E-state index in [9.17, 15) is 14.5 Å². The molecule has 6 heteroatoms. The molecule has 0 aliphatic rings. The first-order valence-electron chi connectivity index (χ1n) is 10.2. The fourth-order valence-electron chi connectivity index (χ4n) is 3.18. The molecule has 2 atom stereocenters. The Bertz CT molecular complexity index is 730. The monoisotopic (exact) mass is 417 g/mol. The number of carboxylic acid groups (broad SMARTS) is 1. The third-order valence-corrected chi connectivity index (χ3v) is 6.86. The third-order valence-electron chi connectivity index (χ3n) is 4.65. The van der Waals surface area contributed by atoms with Crippen LogP contribution < -0.4 is 5.09 Å². The van der Waals surface area contributed by atoms with Gasteiger partial charge < -0.3 is 9.63 Å². The maximum atomic E-state index is 13.5. The Balaban J connectivity index is 2.00. The normalized spacial score (nSPS) is 14.4. The highest BCUT2D eigenvalue weighted by molar-refractivity contribution is 7.56. The Kier molecular flexibility index (Phi) is 9.59. The average molecular weight is 417 g/mol. The van der Waals surface area contributed by atoms with E-state index in [0.717, 1.165) is 12.0 Å². The third kappa shape index (κ3) is 8.95. The largest absolute Gasteiger partial charge is 0.480 e. The summed E-state index contributed by atoms with van der Waals surface area (Å²) in [5.41, 5.74) is 2.26. The zero-order valence-corrected chi connectivity index (χ0v) is 18.2. The summed E-state index contributed by atoms with van der Waals surface area (Å²) in [6.45, 7) is 4.19. The van der Waals surface area contributed by atoms with E-state index in [1.165, 1.54) is 5.56 Å². The molecule has 29 heavy (non-hydrogen) atoms. The second kappa shape index (κ2) is 11.9. The predicted octanol–water partition coefficient (Wildman–Crippen LogP) is 5.16. The van der Waals surface area contributed by atoms with Gasteiger partial charge in [-0.25, -0.2) is 5.09 Å². The maximum absolute atomic E-state index is 13.5. The number of hydrogen-bond acceptors (Lipinski definition) is 3. The molecule has 0 aliphatic heterocycles. The summed E-state index contributed by atoms with van der Waals surface area (Å²) >= 11 is 0. The van der Waals surface area contributed by atoms with Gasteiger partial charge in [0.25, 0.3) is 7.52 Å². The predicted molar refractivity (Wildman–Crippen MR) is 117 cm³/mol. The van der Waals surface area contributed by atoms with Crippen molar-refractivity contribution in [3.8, 4) is 0 Å². The second-order valence-electron chi connectivity index (χ2n) is 7.70. The molecule has 2 aromatic carbocycles. The highest BCUT2D eigenvalue weighted by atomic mass is 31.2. The molecule has 0 spiro atoms. The molecular formula is C23H32NO4P. The topological polar surface area (TPSA) is 75.6 Å². The number of carbonyl (C=O) groups is 1. The fraction of sp³-hybridized carbons (Fsp3) is 0.435. The molecule has 0 heterocycles. The molecule has 2 rings (SSSR count). The second-order valence-corrected chi connectivity index (χ2v) is 10.0. The maximum Gasteiger partial charge on any atom is 0.321 e.